The third-order valence-corrected chi connectivity index (χ3v) is 9.79. The van der Waals surface area contributed by atoms with Crippen LogP contribution in [0.1, 0.15) is 187 Å². The molecule has 0 aromatic carbocycles. The first kappa shape index (κ1) is 46.2. The number of unbranched alkanes of at least 4 members (excludes halogenated alkanes) is 16. The van der Waals surface area contributed by atoms with Crippen LogP contribution in [0.25, 0.3) is 0 Å². The first-order chi connectivity index (χ1) is 24.4. The molecule has 2 atom stereocenters. The number of Topliss-reactive ketones (excluding diaryl/α,β-unsaturated/α-hetero) is 2. The largest absolute Gasteiger partial charge is 0.346 e. The Hall–Kier alpha value is -1.82. The van der Waals surface area contributed by atoms with Gasteiger partial charge in [-0.3, -0.25) is 9.59 Å². The molecule has 1 fully saturated rings. The van der Waals surface area contributed by atoms with Crippen molar-refractivity contribution in [2.24, 2.45) is 0 Å². The zero-order valence-corrected chi connectivity index (χ0v) is 33.3. The molecule has 0 aromatic heterocycles. The maximum atomic E-state index is 13.7. The van der Waals surface area contributed by atoms with Gasteiger partial charge in [0.15, 0.2) is 11.6 Å². The summed E-state index contributed by atoms with van der Waals surface area (Å²) in [6, 6.07) is 0. The first-order valence-corrected chi connectivity index (χ1v) is 21.0. The summed E-state index contributed by atoms with van der Waals surface area (Å²) in [5.41, 5.74) is -0.887. The van der Waals surface area contributed by atoms with Gasteiger partial charge in [-0.25, -0.2) is 0 Å². The Bertz CT molecular complexity index is 935. The Labute approximate surface area is 309 Å². The fourth-order valence-corrected chi connectivity index (χ4v) is 6.55. The SMILES string of the molecule is CCCCC/C=C\C/C=C\CCCCCCCC(=O)C1OCCC(CCCN(C)C)(C(=O)CCCCCCC/C=C\C/C=C\CCCCC)O1. The van der Waals surface area contributed by atoms with E-state index in [2.05, 4.69) is 81.5 Å². The number of carbonyl (C=O) groups excluding carboxylic acids is 2. The molecule has 1 heterocycles. The van der Waals surface area contributed by atoms with E-state index in [1.807, 2.05) is 0 Å². The van der Waals surface area contributed by atoms with Gasteiger partial charge in [-0.1, -0.05) is 127 Å². The van der Waals surface area contributed by atoms with Gasteiger partial charge in [-0.05, 0) is 111 Å². The molecular formula is C45H79NO4. The summed E-state index contributed by atoms with van der Waals surface area (Å²) in [5.74, 6) is 0.164. The number of ether oxygens (including phenoxy) is 2. The van der Waals surface area contributed by atoms with Gasteiger partial charge in [-0.2, -0.15) is 0 Å². The highest BCUT2D eigenvalue weighted by molar-refractivity contribution is 5.88. The van der Waals surface area contributed by atoms with E-state index in [9.17, 15) is 9.59 Å². The molecule has 0 radical (unpaired) electrons. The lowest BCUT2D eigenvalue weighted by atomic mass is 9.85. The summed E-state index contributed by atoms with van der Waals surface area (Å²) in [5, 5.41) is 0. The third-order valence-electron chi connectivity index (χ3n) is 9.79. The Balaban J connectivity index is 2.33. The zero-order valence-electron chi connectivity index (χ0n) is 33.3. The molecule has 288 valence electrons. The van der Waals surface area contributed by atoms with Crippen molar-refractivity contribution in [2.45, 2.75) is 199 Å². The van der Waals surface area contributed by atoms with E-state index in [1.165, 1.54) is 77.0 Å². The molecule has 1 aliphatic heterocycles. The van der Waals surface area contributed by atoms with Crippen molar-refractivity contribution < 1.29 is 19.1 Å². The lowest BCUT2D eigenvalue weighted by Gasteiger charge is -2.40. The van der Waals surface area contributed by atoms with Crippen LogP contribution in [0.15, 0.2) is 48.6 Å². The molecule has 1 saturated heterocycles. The zero-order chi connectivity index (χ0) is 36.4. The minimum absolute atomic E-state index is 0.00258. The van der Waals surface area contributed by atoms with E-state index < -0.39 is 11.9 Å². The molecule has 0 saturated carbocycles. The van der Waals surface area contributed by atoms with Crippen molar-refractivity contribution in [2.75, 3.05) is 27.2 Å². The predicted molar refractivity (Wildman–Crippen MR) is 215 cm³/mol. The molecule has 0 N–H and O–H groups in total. The van der Waals surface area contributed by atoms with Crippen LogP contribution in [0.2, 0.25) is 0 Å². The van der Waals surface area contributed by atoms with Crippen LogP contribution in [-0.2, 0) is 19.1 Å². The van der Waals surface area contributed by atoms with Crippen molar-refractivity contribution in [3.05, 3.63) is 48.6 Å². The number of ketones is 2. The van der Waals surface area contributed by atoms with Gasteiger partial charge in [0.05, 0.1) is 6.61 Å². The molecule has 0 spiro atoms. The Morgan fingerprint density at radius 2 is 1.06 bits per heavy atom. The molecule has 2 unspecified atom stereocenters. The van der Waals surface area contributed by atoms with Crippen LogP contribution >= 0.6 is 0 Å². The second kappa shape index (κ2) is 33.0. The van der Waals surface area contributed by atoms with E-state index in [0.29, 0.717) is 32.3 Å². The van der Waals surface area contributed by atoms with Crippen molar-refractivity contribution in [3.8, 4) is 0 Å². The molecule has 0 aromatic rings. The van der Waals surface area contributed by atoms with Crippen LogP contribution in [0.5, 0.6) is 0 Å². The smallest absolute Gasteiger partial charge is 0.218 e. The highest BCUT2D eigenvalue weighted by Crippen LogP contribution is 2.33. The maximum Gasteiger partial charge on any atom is 0.218 e. The molecule has 1 rings (SSSR count). The van der Waals surface area contributed by atoms with E-state index in [0.717, 1.165) is 77.2 Å². The number of allylic oxidation sites excluding steroid dienone is 8. The van der Waals surface area contributed by atoms with E-state index in [1.54, 1.807) is 0 Å². The number of rotatable bonds is 34. The van der Waals surface area contributed by atoms with Gasteiger partial charge in [0.25, 0.3) is 0 Å². The molecule has 0 aliphatic carbocycles. The topological polar surface area (TPSA) is 55.8 Å². The summed E-state index contributed by atoms with van der Waals surface area (Å²) in [6.07, 6.45) is 46.1. The second-order valence-corrected chi connectivity index (χ2v) is 14.8. The molecule has 0 amide bonds. The van der Waals surface area contributed by atoms with Crippen molar-refractivity contribution in [3.63, 3.8) is 0 Å². The average Bonchev–Trinajstić information content (AvgIpc) is 3.11. The van der Waals surface area contributed by atoms with Crippen molar-refractivity contribution in [1.82, 2.24) is 4.90 Å². The molecule has 5 heteroatoms. The van der Waals surface area contributed by atoms with E-state index in [4.69, 9.17) is 9.47 Å². The molecule has 0 bridgehead atoms. The Morgan fingerprint density at radius 1 is 0.600 bits per heavy atom. The van der Waals surface area contributed by atoms with Crippen LogP contribution < -0.4 is 0 Å². The van der Waals surface area contributed by atoms with Gasteiger partial charge in [-0.15, -0.1) is 0 Å². The van der Waals surface area contributed by atoms with Gasteiger partial charge in [0, 0.05) is 19.3 Å². The van der Waals surface area contributed by atoms with E-state index in [-0.39, 0.29) is 11.6 Å². The van der Waals surface area contributed by atoms with E-state index >= 15 is 0 Å². The highest BCUT2D eigenvalue weighted by atomic mass is 16.7. The van der Waals surface area contributed by atoms with Crippen LogP contribution in [0, 0.1) is 0 Å². The standard InChI is InChI=1S/C45H79NO4/c1-5-7-9-11-13-15-17-19-21-23-25-27-29-31-33-36-42(47)44-49-41-39-45(50-44,38-35-40-46(3)4)43(48)37-34-32-30-28-26-24-22-20-18-16-14-12-10-8-6-2/h13-16,19-22,44H,5-12,17-18,23-41H2,1-4H3/b15-13-,16-14-,21-19-,22-20-. The number of hydrogen-bond acceptors (Lipinski definition) is 5. The van der Waals surface area contributed by atoms with Crippen LogP contribution in [0.3, 0.4) is 0 Å². The summed E-state index contributed by atoms with van der Waals surface area (Å²) in [4.78, 5) is 29.0. The first-order valence-electron chi connectivity index (χ1n) is 21.0. The van der Waals surface area contributed by atoms with Crippen molar-refractivity contribution in [1.29, 1.82) is 0 Å². The van der Waals surface area contributed by atoms with Crippen LogP contribution in [0.4, 0.5) is 0 Å². The summed E-state index contributed by atoms with van der Waals surface area (Å²) in [7, 11) is 4.11. The molecule has 50 heavy (non-hydrogen) atoms. The summed E-state index contributed by atoms with van der Waals surface area (Å²) in [6.45, 7) is 5.80. The van der Waals surface area contributed by atoms with Crippen LogP contribution in [-0.4, -0.2) is 55.6 Å². The monoisotopic (exact) mass is 698 g/mol. The molecule has 1 aliphatic rings. The molecular weight excluding hydrogens is 618 g/mol. The normalized spacial score (nSPS) is 18.5. The van der Waals surface area contributed by atoms with Gasteiger partial charge in [0.2, 0.25) is 6.29 Å². The average molecular weight is 698 g/mol. The van der Waals surface area contributed by atoms with Gasteiger partial charge >= 0.3 is 0 Å². The molecule has 5 nitrogen and oxygen atoms in total. The van der Waals surface area contributed by atoms with Gasteiger partial charge < -0.3 is 14.4 Å². The number of nitrogens with zero attached hydrogens (tertiary/aromatic N) is 1. The second-order valence-electron chi connectivity index (χ2n) is 14.8. The minimum atomic E-state index is -0.900. The minimum Gasteiger partial charge on any atom is -0.346 e. The third kappa shape index (κ3) is 25.2. The van der Waals surface area contributed by atoms with Gasteiger partial charge in [0.1, 0.15) is 5.60 Å². The number of carbonyl (C=O) groups is 2. The Morgan fingerprint density at radius 3 is 1.56 bits per heavy atom. The fraction of sp³-hybridized carbons (Fsp3) is 0.778. The lowest BCUT2D eigenvalue weighted by molar-refractivity contribution is -0.244. The predicted octanol–water partition coefficient (Wildman–Crippen LogP) is 12.6. The lowest BCUT2D eigenvalue weighted by Crippen LogP contribution is -2.52. The Kier molecular flexibility index (Phi) is 30.5. The summed E-state index contributed by atoms with van der Waals surface area (Å²) < 4.78 is 12.2. The maximum absolute atomic E-state index is 13.7. The fourth-order valence-electron chi connectivity index (χ4n) is 6.55. The quantitative estimate of drug-likeness (QED) is 0.0495. The van der Waals surface area contributed by atoms with Crippen molar-refractivity contribution >= 4 is 11.6 Å². The number of hydrogen-bond donors (Lipinski definition) is 0. The summed E-state index contributed by atoms with van der Waals surface area (Å²) >= 11 is 0. The highest BCUT2D eigenvalue weighted by Gasteiger charge is 2.45.